The van der Waals surface area contributed by atoms with Crippen LogP contribution in [0.15, 0.2) is 30.3 Å². The first-order valence-corrected chi connectivity index (χ1v) is 7.19. The van der Waals surface area contributed by atoms with Crippen molar-refractivity contribution < 1.29 is 18.9 Å². The first-order valence-electron chi connectivity index (χ1n) is 6.12. The molecule has 112 valence electrons. The van der Waals surface area contributed by atoms with Crippen molar-refractivity contribution >= 4 is 28.3 Å². The van der Waals surface area contributed by atoms with Crippen LogP contribution in [-0.2, 0) is 0 Å². The Kier molecular flexibility index (Phi) is 5.00. The molecular weight excluding hydrogens is 385 g/mol. The molecule has 0 aliphatic carbocycles. The fourth-order valence-corrected chi connectivity index (χ4v) is 2.37. The molecule has 0 bridgehead atoms. The van der Waals surface area contributed by atoms with Gasteiger partial charge in [-0.2, -0.15) is 0 Å². The topological polar surface area (TPSA) is 62.9 Å². The zero-order valence-corrected chi connectivity index (χ0v) is 14.1. The lowest BCUT2D eigenvalue weighted by molar-refractivity contribution is 0.321. The predicted molar refractivity (Wildman–Crippen MR) is 89.7 cm³/mol. The Hall–Kier alpha value is -1.83. The number of rotatable bonds is 5. The van der Waals surface area contributed by atoms with Crippen LogP contribution in [0.5, 0.6) is 28.7 Å². The van der Waals surface area contributed by atoms with E-state index in [-0.39, 0.29) is 0 Å². The first kappa shape index (κ1) is 15.6. The van der Waals surface area contributed by atoms with Gasteiger partial charge in [0.25, 0.3) is 0 Å². The molecule has 0 spiro atoms. The lowest BCUT2D eigenvalue weighted by atomic mass is 10.2. The van der Waals surface area contributed by atoms with Gasteiger partial charge in [-0.1, -0.05) is 0 Å². The summed E-state index contributed by atoms with van der Waals surface area (Å²) >= 11 is 2.19. The van der Waals surface area contributed by atoms with E-state index in [0.29, 0.717) is 34.4 Å². The van der Waals surface area contributed by atoms with Gasteiger partial charge in [-0.25, -0.2) is 0 Å². The van der Waals surface area contributed by atoms with E-state index in [1.807, 2.05) is 18.2 Å². The number of benzene rings is 2. The molecule has 0 heterocycles. The third-order valence-electron chi connectivity index (χ3n) is 2.84. The van der Waals surface area contributed by atoms with Gasteiger partial charge in [0.1, 0.15) is 11.5 Å². The molecule has 0 aliphatic rings. The zero-order chi connectivity index (χ0) is 15.4. The van der Waals surface area contributed by atoms with Crippen LogP contribution in [0.4, 0.5) is 5.69 Å². The van der Waals surface area contributed by atoms with Gasteiger partial charge in [0.15, 0.2) is 11.5 Å². The van der Waals surface area contributed by atoms with Crippen LogP contribution in [0.25, 0.3) is 0 Å². The Labute approximate surface area is 137 Å². The van der Waals surface area contributed by atoms with Gasteiger partial charge in [-0.3, -0.25) is 0 Å². The van der Waals surface area contributed by atoms with E-state index in [4.69, 9.17) is 24.7 Å². The standard InChI is InChI=1S/C15H16INO4/c1-18-13-7-10(8-14(19-2)15(13)20-3)21-12-5-4-9(16)6-11(12)17/h4-8H,17H2,1-3H3. The molecule has 5 nitrogen and oxygen atoms in total. The summed E-state index contributed by atoms with van der Waals surface area (Å²) < 4.78 is 22.7. The minimum atomic E-state index is 0.517. The van der Waals surface area contributed by atoms with Crippen molar-refractivity contribution in [2.75, 3.05) is 27.1 Å². The van der Waals surface area contributed by atoms with Crippen LogP contribution in [0.1, 0.15) is 0 Å². The molecule has 0 atom stereocenters. The maximum Gasteiger partial charge on any atom is 0.203 e. The van der Waals surface area contributed by atoms with Crippen LogP contribution < -0.4 is 24.7 Å². The van der Waals surface area contributed by atoms with Gasteiger partial charge in [0.05, 0.1) is 27.0 Å². The van der Waals surface area contributed by atoms with Crippen LogP contribution in [0, 0.1) is 3.57 Å². The van der Waals surface area contributed by atoms with Gasteiger partial charge in [-0.15, -0.1) is 0 Å². The summed E-state index contributed by atoms with van der Waals surface area (Å²) in [5.74, 6) is 2.69. The average Bonchev–Trinajstić information content (AvgIpc) is 2.49. The highest BCUT2D eigenvalue weighted by molar-refractivity contribution is 14.1. The quantitative estimate of drug-likeness (QED) is 0.612. The summed E-state index contributed by atoms with van der Waals surface area (Å²) in [6, 6.07) is 9.02. The molecule has 2 N–H and O–H groups in total. The van der Waals surface area contributed by atoms with Crippen molar-refractivity contribution in [1.29, 1.82) is 0 Å². The highest BCUT2D eigenvalue weighted by Gasteiger charge is 2.15. The number of methoxy groups -OCH3 is 3. The minimum Gasteiger partial charge on any atom is -0.493 e. The van der Waals surface area contributed by atoms with Crippen LogP contribution in [-0.4, -0.2) is 21.3 Å². The first-order chi connectivity index (χ1) is 10.1. The van der Waals surface area contributed by atoms with Gasteiger partial charge in [-0.05, 0) is 40.8 Å². The summed E-state index contributed by atoms with van der Waals surface area (Å²) in [7, 11) is 4.67. The summed E-state index contributed by atoms with van der Waals surface area (Å²) in [5.41, 5.74) is 6.51. The van der Waals surface area contributed by atoms with E-state index in [9.17, 15) is 0 Å². The maximum absolute atomic E-state index is 5.95. The van der Waals surface area contributed by atoms with Crippen molar-refractivity contribution in [1.82, 2.24) is 0 Å². The van der Waals surface area contributed by atoms with E-state index >= 15 is 0 Å². The van der Waals surface area contributed by atoms with E-state index in [2.05, 4.69) is 22.6 Å². The van der Waals surface area contributed by atoms with Crippen molar-refractivity contribution in [3.8, 4) is 28.7 Å². The molecular formula is C15H16INO4. The maximum atomic E-state index is 5.95. The fraction of sp³-hybridized carbons (Fsp3) is 0.200. The van der Waals surface area contributed by atoms with E-state index in [0.717, 1.165) is 3.57 Å². The molecule has 0 saturated carbocycles. The van der Waals surface area contributed by atoms with Crippen molar-refractivity contribution in [2.24, 2.45) is 0 Å². The zero-order valence-electron chi connectivity index (χ0n) is 12.0. The third-order valence-corrected chi connectivity index (χ3v) is 3.51. The highest BCUT2D eigenvalue weighted by Crippen LogP contribution is 2.42. The molecule has 0 saturated heterocycles. The number of hydrogen-bond donors (Lipinski definition) is 1. The van der Waals surface area contributed by atoms with E-state index in [1.54, 1.807) is 33.5 Å². The number of anilines is 1. The Morgan fingerprint density at radius 1 is 0.857 bits per heavy atom. The molecule has 0 aliphatic heterocycles. The molecule has 0 fully saturated rings. The van der Waals surface area contributed by atoms with E-state index in [1.165, 1.54) is 0 Å². The second kappa shape index (κ2) is 6.75. The van der Waals surface area contributed by atoms with Crippen LogP contribution >= 0.6 is 22.6 Å². The van der Waals surface area contributed by atoms with Crippen LogP contribution in [0.3, 0.4) is 0 Å². The molecule has 0 amide bonds. The van der Waals surface area contributed by atoms with Crippen LogP contribution in [0.2, 0.25) is 0 Å². The molecule has 0 unspecified atom stereocenters. The summed E-state index contributed by atoms with van der Waals surface area (Å²) in [6.45, 7) is 0. The SMILES string of the molecule is COc1cc(Oc2ccc(I)cc2N)cc(OC)c1OC. The predicted octanol–water partition coefficient (Wildman–Crippen LogP) is 3.69. The summed E-state index contributed by atoms with van der Waals surface area (Å²) in [4.78, 5) is 0. The van der Waals surface area contributed by atoms with E-state index < -0.39 is 0 Å². The number of ether oxygens (including phenoxy) is 4. The molecule has 2 aromatic rings. The Morgan fingerprint density at radius 2 is 1.48 bits per heavy atom. The molecule has 0 radical (unpaired) electrons. The largest absolute Gasteiger partial charge is 0.493 e. The molecule has 2 rings (SSSR count). The van der Waals surface area contributed by atoms with Gasteiger partial charge in [0, 0.05) is 15.7 Å². The molecule has 2 aromatic carbocycles. The Morgan fingerprint density at radius 3 is 1.95 bits per heavy atom. The normalized spacial score (nSPS) is 10.1. The minimum absolute atomic E-state index is 0.517. The third kappa shape index (κ3) is 3.44. The Balaban J connectivity index is 2.40. The second-order valence-corrected chi connectivity index (χ2v) is 5.39. The smallest absolute Gasteiger partial charge is 0.203 e. The fourth-order valence-electron chi connectivity index (χ4n) is 1.86. The second-order valence-electron chi connectivity index (χ2n) is 4.15. The molecule has 0 aromatic heterocycles. The Bertz CT molecular complexity index is 621. The number of nitrogens with two attached hydrogens (primary N) is 1. The van der Waals surface area contributed by atoms with Crippen molar-refractivity contribution in [3.63, 3.8) is 0 Å². The summed E-state index contributed by atoms with van der Waals surface area (Å²) in [5, 5.41) is 0. The lowest BCUT2D eigenvalue weighted by Gasteiger charge is -2.15. The molecule has 6 heteroatoms. The van der Waals surface area contributed by atoms with Gasteiger partial charge >= 0.3 is 0 Å². The van der Waals surface area contributed by atoms with Gasteiger partial charge < -0.3 is 24.7 Å². The van der Waals surface area contributed by atoms with Gasteiger partial charge in [0.2, 0.25) is 5.75 Å². The highest BCUT2D eigenvalue weighted by atomic mass is 127. The summed E-state index contributed by atoms with van der Waals surface area (Å²) in [6.07, 6.45) is 0. The van der Waals surface area contributed by atoms with Crippen molar-refractivity contribution in [2.45, 2.75) is 0 Å². The monoisotopic (exact) mass is 401 g/mol. The lowest BCUT2D eigenvalue weighted by Crippen LogP contribution is -1.97. The number of halogens is 1. The number of nitrogen functional groups attached to an aromatic ring is 1. The average molecular weight is 401 g/mol. The molecule has 21 heavy (non-hydrogen) atoms. The number of hydrogen-bond acceptors (Lipinski definition) is 5. The van der Waals surface area contributed by atoms with Crippen molar-refractivity contribution in [3.05, 3.63) is 33.9 Å².